The summed E-state index contributed by atoms with van der Waals surface area (Å²) >= 11 is 12.1. The van der Waals surface area contributed by atoms with Gasteiger partial charge in [-0.15, -0.1) is 24.0 Å². The number of nitrogens with one attached hydrogen (secondary N) is 2. The summed E-state index contributed by atoms with van der Waals surface area (Å²) in [5.41, 5.74) is 1.03. The van der Waals surface area contributed by atoms with Gasteiger partial charge in [0.1, 0.15) is 5.15 Å². The fourth-order valence-corrected chi connectivity index (χ4v) is 3.61. The highest BCUT2D eigenvalue weighted by Gasteiger charge is 2.34. The lowest BCUT2D eigenvalue weighted by molar-refractivity contribution is 0.314. The van der Waals surface area contributed by atoms with Crippen LogP contribution in [0.15, 0.2) is 11.1 Å². The van der Waals surface area contributed by atoms with Crippen LogP contribution in [0, 0.1) is 5.92 Å². The first-order valence-corrected chi connectivity index (χ1v) is 9.02. The van der Waals surface area contributed by atoms with Crippen molar-refractivity contribution in [2.45, 2.75) is 31.8 Å². The zero-order valence-corrected chi connectivity index (χ0v) is 18.0. The molecule has 24 heavy (non-hydrogen) atoms. The number of aliphatic imine (C=N–C) groups is 1. The van der Waals surface area contributed by atoms with Gasteiger partial charge in [0.15, 0.2) is 5.96 Å². The number of guanidine groups is 1. The normalized spacial score (nSPS) is 21.7. The van der Waals surface area contributed by atoms with E-state index in [1.54, 1.807) is 7.05 Å². The molecule has 0 bridgehead atoms. The summed E-state index contributed by atoms with van der Waals surface area (Å²) in [5.74, 6) is 1.54. The van der Waals surface area contributed by atoms with E-state index in [4.69, 9.17) is 23.2 Å². The summed E-state index contributed by atoms with van der Waals surface area (Å²) in [6, 6.07) is 2.76. The molecule has 0 amide bonds. The van der Waals surface area contributed by atoms with Gasteiger partial charge in [-0.2, -0.15) is 0 Å². The Morgan fingerprint density at radius 2 is 2.04 bits per heavy atom. The smallest absolute Gasteiger partial charge is 0.191 e. The molecule has 136 valence electrons. The Morgan fingerprint density at radius 3 is 2.62 bits per heavy atom. The van der Waals surface area contributed by atoms with Crippen molar-refractivity contribution in [3.05, 3.63) is 21.9 Å². The molecule has 0 aromatic carbocycles. The summed E-state index contributed by atoms with van der Waals surface area (Å²) in [6.07, 6.45) is 4.07. The van der Waals surface area contributed by atoms with Gasteiger partial charge in [0.2, 0.25) is 0 Å². The van der Waals surface area contributed by atoms with Gasteiger partial charge < -0.3 is 20.1 Å². The lowest BCUT2D eigenvalue weighted by atomic mass is 10.1. The number of likely N-dealkylation sites (tertiary alicyclic amines) is 1. The third kappa shape index (κ3) is 4.93. The molecule has 8 heteroatoms. The molecule has 2 fully saturated rings. The van der Waals surface area contributed by atoms with E-state index in [1.807, 2.05) is 17.7 Å². The van der Waals surface area contributed by atoms with Crippen molar-refractivity contribution in [3.8, 4) is 0 Å². The van der Waals surface area contributed by atoms with Crippen LogP contribution in [0.5, 0.6) is 0 Å². The molecule has 1 saturated carbocycles. The molecule has 2 heterocycles. The molecule has 2 N–H and O–H groups in total. The molecule has 1 aromatic heterocycles. The van der Waals surface area contributed by atoms with Gasteiger partial charge in [0.05, 0.1) is 11.6 Å². The molecule has 1 unspecified atom stereocenters. The van der Waals surface area contributed by atoms with Crippen LogP contribution in [0.25, 0.3) is 0 Å². The highest BCUT2D eigenvalue weighted by atomic mass is 127. The van der Waals surface area contributed by atoms with Gasteiger partial charge in [-0.25, -0.2) is 0 Å². The van der Waals surface area contributed by atoms with Crippen molar-refractivity contribution in [2.75, 3.05) is 26.7 Å². The fraction of sp³-hybridized carbons (Fsp3) is 0.688. The lowest BCUT2D eigenvalue weighted by Gasteiger charge is -2.17. The van der Waals surface area contributed by atoms with E-state index >= 15 is 0 Å². The predicted molar refractivity (Wildman–Crippen MR) is 112 cm³/mol. The van der Waals surface area contributed by atoms with Crippen LogP contribution in [0.2, 0.25) is 10.2 Å². The standard InChI is InChI=1S/C16H25Cl2N5.HI/c1-19-16(21-9-13-7-14(17)15(18)22(13)2)20-8-11-5-6-23(10-11)12-3-4-12;/h7,11-12H,3-6,8-10H2,1-2H3,(H2,19,20,21);1H. The van der Waals surface area contributed by atoms with Crippen molar-refractivity contribution in [1.29, 1.82) is 0 Å². The molecule has 3 rings (SSSR count). The average Bonchev–Trinajstić information content (AvgIpc) is 3.25. The maximum absolute atomic E-state index is 6.09. The van der Waals surface area contributed by atoms with E-state index in [1.165, 1.54) is 32.4 Å². The van der Waals surface area contributed by atoms with Crippen molar-refractivity contribution in [3.63, 3.8) is 0 Å². The lowest BCUT2D eigenvalue weighted by Crippen LogP contribution is -2.40. The first-order chi connectivity index (χ1) is 11.1. The molecule has 5 nitrogen and oxygen atoms in total. The summed E-state index contributed by atoms with van der Waals surface area (Å²) in [6.45, 7) is 4.08. The van der Waals surface area contributed by atoms with Crippen LogP contribution in [0.4, 0.5) is 0 Å². The molecule has 1 aliphatic heterocycles. The third-order valence-corrected chi connectivity index (χ3v) is 5.66. The molecule has 0 spiro atoms. The van der Waals surface area contributed by atoms with Crippen molar-refractivity contribution < 1.29 is 0 Å². The van der Waals surface area contributed by atoms with Crippen molar-refractivity contribution in [2.24, 2.45) is 18.0 Å². The zero-order valence-electron chi connectivity index (χ0n) is 14.2. The van der Waals surface area contributed by atoms with Crippen LogP contribution >= 0.6 is 47.2 Å². The van der Waals surface area contributed by atoms with E-state index in [2.05, 4.69) is 20.5 Å². The number of hydrogen-bond donors (Lipinski definition) is 2. The first-order valence-electron chi connectivity index (χ1n) is 8.26. The monoisotopic (exact) mass is 485 g/mol. The van der Waals surface area contributed by atoms with Gasteiger partial charge >= 0.3 is 0 Å². The van der Waals surface area contributed by atoms with E-state index in [9.17, 15) is 0 Å². The topological polar surface area (TPSA) is 44.6 Å². The molecular formula is C16H26Cl2IN5. The molecule has 2 aliphatic rings. The molecular weight excluding hydrogens is 460 g/mol. The fourth-order valence-electron chi connectivity index (χ4n) is 3.20. The second-order valence-corrected chi connectivity index (χ2v) is 7.29. The van der Waals surface area contributed by atoms with E-state index < -0.39 is 0 Å². The van der Waals surface area contributed by atoms with Gasteiger partial charge in [0.25, 0.3) is 0 Å². The summed E-state index contributed by atoms with van der Waals surface area (Å²) in [7, 11) is 3.71. The molecule has 1 saturated heterocycles. The van der Waals surface area contributed by atoms with Crippen LogP contribution in [0.1, 0.15) is 25.0 Å². The SMILES string of the molecule is CN=C(NCc1cc(Cl)c(Cl)n1C)NCC1CCN(C2CC2)C1.I. The number of hydrogen-bond acceptors (Lipinski definition) is 2. The average molecular weight is 486 g/mol. The Bertz CT molecular complexity index is 585. The number of halogens is 3. The Kier molecular flexibility index (Phi) is 7.52. The van der Waals surface area contributed by atoms with Gasteiger partial charge in [-0.05, 0) is 37.8 Å². The van der Waals surface area contributed by atoms with Gasteiger partial charge in [0, 0.05) is 38.9 Å². The molecule has 1 atom stereocenters. The quantitative estimate of drug-likeness (QED) is 0.382. The van der Waals surface area contributed by atoms with E-state index in [0.717, 1.165) is 24.2 Å². The van der Waals surface area contributed by atoms with Crippen molar-refractivity contribution in [1.82, 2.24) is 20.1 Å². The minimum absolute atomic E-state index is 0. The van der Waals surface area contributed by atoms with Crippen LogP contribution in [-0.2, 0) is 13.6 Å². The summed E-state index contributed by atoms with van der Waals surface area (Å²) in [5, 5.41) is 7.91. The van der Waals surface area contributed by atoms with E-state index in [-0.39, 0.29) is 24.0 Å². The number of aromatic nitrogens is 1. The molecule has 1 aromatic rings. The minimum Gasteiger partial charge on any atom is -0.356 e. The number of nitrogens with zero attached hydrogens (tertiary/aromatic N) is 3. The summed E-state index contributed by atoms with van der Waals surface area (Å²) < 4.78 is 1.88. The Labute approximate surface area is 171 Å². The highest BCUT2D eigenvalue weighted by Crippen LogP contribution is 2.31. The van der Waals surface area contributed by atoms with E-state index in [0.29, 0.717) is 22.6 Å². The maximum atomic E-state index is 6.09. The van der Waals surface area contributed by atoms with Gasteiger partial charge in [-0.3, -0.25) is 4.99 Å². The second kappa shape index (κ2) is 8.96. The second-order valence-electron chi connectivity index (χ2n) is 6.52. The third-order valence-electron chi connectivity index (χ3n) is 4.81. The first kappa shape index (κ1) is 20.1. The Balaban J connectivity index is 0.00000208. The van der Waals surface area contributed by atoms with Crippen LogP contribution in [-0.4, -0.2) is 48.2 Å². The largest absolute Gasteiger partial charge is 0.356 e. The van der Waals surface area contributed by atoms with Crippen LogP contribution < -0.4 is 10.6 Å². The molecule has 1 aliphatic carbocycles. The highest BCUT2D eigenvalue weighted by molar-refractivity contribution is 14.0. The van der Waals surface area contributed by atoms with Crippen LogP contribution in [0.3, 0.4) is 0 Å². The van der Waals surface area contributed by atoms with Gasteiger partial charge in [-0.1, -0.05) is 23.2 Å². The Morgan fingerprint density at radius 1 is 1.29 bits per heavy atom. The van der Waals surface area contributed by atoms with Crippen molar-refractivity contribution >= 4 is 53.1 Å². The Hall–Kier alpha value is -0.180. The number of rotatable bonds is 5. The molecule has 0 radical (unpaired) electrons. The maximum Gasteiger partial charge on any atom is 0.191 e. The minimum atomic E-state index is 0. The predicted octanol–water partition coefficient (Wildman–Crippen LogP) is 3.10. The zero-order chi connectivity index (χ0) is 16.4. The summed E-state index contributed by atoms with van der Waals surface area (Å²) in [4.78, 5) is 6.93.